The second kappa shape index (κ2) is 9.46. The molecule has 9 heteroatoms. The van der Waals surface area contributed by atoms with Gasteiger partial charge in [-0.25, -0.2) is 10.1 Å². The Morgan fingerprint density at radius 3 is 2.53 bits per heavy atom. The van der Waals surface area contributed by atoms with Crippen molar-refractivity contribution in [2.75, 3.05) is 6.61 Å². The Labute approximate surface area is 171 Å². The first-order valence-electron chi connectivity index (χ1n) is 9.25. The first kappa shape index (κ1) is 20.7. The van der Waals surface area contributed by atoms with Crippen LogP contribution in [0, 0.1) is 0 Å². The standard InChI is InChI=1S/C21H20N4O5/c1-2-11-25-21(29)17-6-4-3-5-16(17)19(24-25)20(28)23-22-12-14-7-9-15(10-8-14)30-13-18(26)27/h3-10,12H,2,11,13H2,1H3,(H,23,28)(H,26,27)/p-1/b22-12-. The molecule has 0 atom stereocenters. The normalized spacial score (nSPS) is 11.0. The van der Waals surface area contributed by atoms with Gasteiger partial charge >= 0.3 is 0 Å². The fourth-order valence-corrected chi connectivity index (χ4v) is 2.78. The smallest absolute Gasteiger partial charge is 0.292 e. The van der Waals surface area contributed by atoms with Crippen LogP contribution in [-0.4, -0.2) is 34.5 Å². The summed E-state index contributed by atoms with van der Waals surface area (Å²) in [5.41, 5.74) is 2.95. The van der Waals surface area contributed by atoms with Crippen LogP contribution in [0.2, 0.25) is 0 Å². The van der Waals surface area contributed by atoms with E-state index in [1.54, 1.807) is 48.5 Å². The number of fused-ring (bicyclic) bond motifs is 1. The van der Waals surface area contributed by atoms with Crippen molar-refractivity contribution in [3.63, 3.8) is 0 Å². The van der Waals surface area contributed by atoms with Crippen LogP contribution in [0.5, 0.6) is 5.75 Å². The monoisotopic (exact) mass is 407 g/mol. The van der Waals surface area contributed by atoms with Gasteiger partial charge in [0.1, 0.15) is 12.4 Å². The predicted molar refractivity (Wildman–Crippen MR) is 108 cm³/mol. The van der Waals surface area contributed by atoms with Crippen LogP contribution >= 0.6 is 0 Å². The molecule has 1 N–H and O–H groups in total. The van der Waals surface area contributed by atoms with E-state index in [0.717, 1.165) is 0 Å². The van der Waals surface area contributed by atoms with E-state index >= 15 is 0 Å². The van der Waals surface area contributed by atoms with Gasteiger partial charge in [0, 0.05) is 11.9 Å². The molecular formula is C21H19N4O5-. The van der Waals surface area contributed by atoms with Crippen LogP contribution in [0.3, 0.4) is 0 Å². The number of aromatic nitrogens is 2. The van der Waals surface area contributed by atoms with Gasteiger partial charge in [0.15, 0.2) is 5.69 Å². The largest absolute Gasteiger partial charge is 0.546 e. The number of aryl methyl sites for hydroxylation is 1. The Kier molecular flexibility index (Phi) is 6.53. The molecule has 30 heavy (non-hydrogen) atoms. The van der Waals surface area contributed by atoms with E-state index in [9.17, 15) is 19.5 Å². The van der Waals surface area contributed by atoms with Gasteiger partial charge in [-0.1, -0.05) is 25.1 Å². The van der Waals surface area contributed by atoms with Crippen LogP contribution in [0.4, 0.5) is 0 Å². The van der Waals surface area contributed by atoms with Crippen molar-refractivity contribution >= 4 is 28.9 Å². The minimum atomic E-state index is -1.31. The zero-order valence-corrected chi connectivity index (χ0v) is 16.2. The highest BCUT2D eigenvalue weighted by atomic mass is 16.5. The van der Waals surface area contributed by atoms with E-state index in [0.29, 0.717) is 35.1 Å². The van der Waals surface area contributed by atoms with Crippen molar-refractivity contribution in [2.45, 2.75) is 19.9 Å². The van der Waals surface area contributed by atoms with Crippen LogP contribution in [-0.2, 0) is 11.3 Å². The summed E-state index contributed by atoms with van der Waals surface area (Å²) in [4.78, 5) is 35.5. The molecule has 0 saturated carbocycles. The molecule has 0 bridgehead atoms. The molecule has 0 radical (unpaired) electrons. The topological polar surface area (TPSA) is 126 Å². The molecule has 9 nitrogen and oxygen atoms in total. The van der Waals surface area contributed by atoms with E-state index < -0.39 is 18.5 Å². The number of hydrazone groups is 1. The quantitative estimate of drug-likeness (QED) is 0.433. The number of carboxylic acids is 1. The molecule has 0 saturated heterocycles. The Balaban J connectivity index is 1.76. The Morgan fingerprint density at radius 1 is 1.17 bits per heavy atom. The number of ether oxygens (including phenoxy) is 1. The maximum atomic E-state index is 12.6. The summed E-state index contributed by atoms with van der Waals surface area (Å²) in [6, 6.07) is 13.2. The Hall–Kier alpha value is -4.01. The summed E-state index contributed by atoms with van der Waals surface area (Å²) in [6.45, 7) is 1.78. The highest BCUT2D eigenvalue weighted by Crippen LogP contribution is 2.14. The fourth-order valence-electron chi connectivity index (χ4n) is 2.78. The lowest BCUT2D eigenvalue weighted by molar-refractivity contribution is -0.307. The van der Waals surface area contributed by atoms with E-state index in [2.05, 4.69) is 15.6 Å². The maximum absolute atomic E-state index is 12.6. The number of benzene rings is 2. The third-order valence-corrected chi connectivity index (χ3v) is 4.13. The van der Waals surface area contributed by atoms with Crippen LogP contribution in [0.15, 0.2) is 58.4 Å². The van der Waals surface area contributed by atoms with Crippen molar-refractivity contribution in [2.24, 2.45) is 5.10 Å². The van der Waals surface area contributed by atoms with Crippen molar-refractivity contribution in [1.82, 2.24) is 15.2 Å². The minimum absolute atomic E-state index is 0.113. The minimum Gasteiger partial charge on any atom is -0.546 e. The fraction of sp³-hybridized carbons (Fsp3) is 0.190. The van der Waals surface area contributed by atoms with Crippen molar-refractivity contribution in [1.29, 1.82) is 0 Å². The van der Waals surface area contributed by atoms with Gasteiger partial charge in [0.2, 0.25) is 0 Å². The van der Waals surface area contributed by atoms with Crippen molar-refractivity contribution in [3.05, 3.63) is 70.1 Å². The lowest BCUT2D eigenvalue weighted by atomic mass is 10.1. The summed E-state index contributed by atoms with van der Waals surface area (Å²) in [5, 5.41) is 19.4. The molecule has 1 heterocycles. The van der Waals surface area contributed by atoms with Gasteiger partial charge in [-0.3, -0.25) is 9.59 Å². The number of hydrogen-bond acceptors (Lipinski definition) is 7. The predicted octanol–water partition coefficient (Wildman–Crippen LogP) is 0.699. The molecule has 3 rings (SSSR count). The van der Waals surface area contributed by atoms with E-state index in [1.165, 1.54) is 10.9 Å². The zero-order chi connectivity index (χ0) is 21.5. The van der Waals surface area contributed by atoms with E-state index in [1.807, 2.05) is 6.92 Å². The van der Waals surface area contributed by atoms with Crippen molar-refractivity contribution < 1.29 is 19.4 Å². The van der Waals surface area contributed by atoms with Gasteiger partial charge < -0.3 is 14.6 Å². The number of nitrogens with zero attached hydrogens (tertiary/aromatic N) is 3. The van der Waals surface area contributed by atoms with Crippen LogP contribution in [0.25, 0.3) is 10.8 Å². The van der Waals surface area contributed by atoms with Crippen LogP contribution in [0.1, 0.15) is 29.4 Å². The Bertz CT molecular complexity index is 1150. The number of nitrogens with one attached hydrogen (secondary N) is 1. The number of amides is 1. The average molecular weight is 407 g/mol. The summed E-state index contributed by atoms with van der Waals surface area (Å²) in [7, 11) is 0. The van der Waals surface area contributed by atoms with E-state index in [4.69, 9.17) is 4.74 Å². The zero-order valence-electron chi connectivity index (χ0n) is 16.2. The average Bonchev–Trinajstić information content (AvgIpc) is 2.75. The molecule has 1 aromatic heterocycles. The molecule has 0 aliphatic rings. The van der Waals surface area contributed by atoms with Crippen LogP contribution < -0.4 is 20.8 Å². The second-order valence-corrected chi connectivity index (χ2v) is 6.35. The number of carboxylic acid groups (broad SMARTS) is 1. The third-order valence-electron chi connectivity index (χ3n) is 4.13. The van der Waals surface area contributed by atoms with Gasteiger partial charge in [-0.05, 0) is 42.3 Å². The van der Waals surface area contributed by atoms with E-state index in [-0.39, 0.29) is 11.3 Å². The molecule has 0 spiro atoms. The number of hydrogen-bond donors (Lipinski definition) is 1. The highest BCUT2D eigenvalue weighted by Gasteiger charge is 2.15. The molecular weight excluding hydrogens is 388 g/mol. The molecule has 0 unspecified atom stereocenters. The molecule has 0 aliphatic carbocycles. The van der Waals surface area contributed by atoms with Gasteiger partial charge in [0.25, 0.3) is 11.5 Å². The molecule has 0 aliphatic heterocycles. The summed E-state index contributed by atoms with van der Waals surface area (Å²) in [6.07, 6.45) is 2.12. The SMILES string of the molecule is CCCn1nc(C(=O)N/N=C\c2ccc(OCC(=O)[O-])cc2)c2ccccc2c1=O. The van der Waals surface area contributed by atoms with Crippen molar-refractivity contribution in [3.8, 4) is 5.75 Å². The molecule has 2 aromatic carbocycles. The third kappa shape index (κ3) is 4.88. The van der Waals surface area contributed by atoms with Gasteiger partial charge in [0.05, 0.1) is 17.6 Å². The first-order valence-corrected chi connectivity index (χ1v) is 9.25. The lowest BCUT2D eigenvalue weighted by Crippen LogP contribution is -2.29. The number of rotatable bonds is 8. The molecule has 1 amide bonds. The second-order valence-electron chi connectivity index (χ2n) is 6.35. The lowest BCUT2D eigenvalue weighted by Gasteiger charge is -2.09. The van der Waals surface area contributed by atoms with Gasteiger partial charge in [-0.2, -0.15) is 10.2 Å². The summed E-state index contributed by atoms with van der Waals surface area (Å²) >= 11 is 0. The highest BCUT2D eigenvalue weighted by molar-refractivity contribution is 6.04. The summed E-state index contributed by atoms with van der Waals surface area (Å²) in [5.74, 6) is -1.48. The number of carbonyl (C=O) groups excluding carboxylic acids is 2. The number of carbonyl (C=O) groups is 2. The molecule has 3 aromatic rings. The Morgan fingerprint density at radius 2 is 1.87 bits per heavy atom. The molecule has 154 valence electrons. The maximum Gasteiger partial charge on any atom is 0.292 e. The van der Waals surface area contributed by atoms with Gasteiger partial charge in [-0.15, -0.1) is 0 Å². The molecule has 0 fully saturated rings. The first-order chi connectivity index (χ1) is 14.5. The summed E-state index contributed by atoms with van der Waals surface area (Å²) < 4.78 is 6.28. The number of aliphatic carboxylic acids is 1.